The molecule has 170 valence electrons. The first-order valence-electron chi connectivity index (χ1n) is 9.75. The zero-order valence-corrected chi connectivity index (χ0v) is 18.0. The number of rotatable bonds is 7. The van der Waals surface area contributed by atoms with Crippen molar-refractivity contribution in [2.45, 2.75) is 4.90 Å². The van der Waals surface area contributed by atoms with Crippen LogP contribution in [0.5, 0.6) is 0 Å². The molecule has 34 heavy (non-hydrogen) atoms. The van der Waals surface area contributed by atoms with Crippen LogP contribution in [0.3, 0.4) is 0 Å². The van der Waals surface area contributed by atoms with Gasteiger partial charge in [-0.05, 0) is 65.9 Å². The molecular formula is C20H15FN10O2S. The third-order valence-corrected chi connectivity index (χ3v) is 6.01. The summed E-state index contributed by atoms with van der Waals surface area (Å²) in [7, 11) is -4.00. The number of aromatic amines is 1. The number of anilines is 3. The normalized spacial score (nSPS) is 11.3. The largest absolute Gasteiger partial charge is 0.339 e. The molecule has 12 nitrogen and oxygen atoms in total. The number of tetrazole rings is 1. The first-order chi connectivity index (χ1) is 16.5. The number of nitrogens with zero attached hydrogens (tertiary/aromatic N) is 7. The maximum absolute atomic E-state index is 14.1. The first kappa shape index (κ1) is 21.1. The van der Waals surface area contributed by atoms with Crippen molar-refractivity contribution in [2.75, 3.05) is 10.0 Å². The first-order valence-corrected chi connectivity index (χ1v) is 11.2. The molecule has 0 fully saturated rings. The van der Waals surface area contributed by atoms with Crippen molar-refractivity contribution >= 4 is 27.2 Å². The topological polar surface area (TPSA) is 156 Å². The molecule has 0 radical (unpaired) electrons. The predicted octanol–water partition coefficient (Wildman–Crippen LogP) is 2.53. The lowest BCUT2D eigenvalue weighted by atomic mass is 10.2. The molecule has 3 N–H and O–H groups in total. The molecule has 0 spiro atoms. The molecule has 0 amide bonds. The highest BCUT2D eigenvalue weighted by Gasteiger charge is 2.19. The van der Waals surface area contributed by atoms with E-state index in [2.05, 4.69) is 46.0 Å². The van der Waals surface area contributed by atoms with Crippen molar-refractivity contribution in [3.05, 3.63) is 78.9 Å². The van der Waals surface area contributed by atoms with E-state index in [9.17, 15) is 12.8 Å². The highest BCUT2D eigenvalue weighted by Crippen LogP contribution is 2.25. The molecule has 2 aromatic carbocycles. The summed E-state index contributed by atoms with van der Waals surface area (Å²) in [6.07, 6.45) is 3.40. The van der Waals surface area contributed by atoms with Crippen molar-refractivity contribution in [3.8, 4) is 17.2 Å². The van der Waals surface area contributed by atoms with E-state index in [4.69, 9.17) is 0 Å². The monoisotopic (exact) mass is 478 g/mol. The number of halogens is 1. The molecule has 0 aliphatic rings. The van der Waals surface area contributed by atoms with Gasteiger partial charge < -0.3 is 5.32 Å². The van der Waals surface area contributed by atoms with Gasteiger partial charge in [-0.15, -0.1) is 20.4 Å². The van der Waals surface area contributed by atoms with E-state index in [1.54, 1.807) is 59.5 Å². The van der Waals surface area contributed by atoms with Crippen molar-refractivity contribution in [1.82, 2.24) is 40.6 Å². The molecule has 0 unspecified atom stereocenters. The lowest BCUT2D eigenvalue weighted by Crippen LogP contribution is -2.13. The van der Waals surface area contributed by atoms with Gasteiger partial charge in [0.2, 0.25) is 5.82 Å². The zero-order chi connectivity index (χ0) is 23.5. The van der Waals surface area contributed by atoms with Crippen LogP contribution in [-0.2, 0) is 10.0 Å². The standard InChI is InChI=1S/C20H15FN10O2S/c21-17-7-6-15(12-16(17)20-26-29-30-27-20)34(32,33)28-14-4-2-13(3-5-14)23-18-8-9-19(25-24-18)31-11-1-10-22-31/h1-12,28H,(H,23,24)(H,26,27,29,30). The Hall–Kier alpha value is -4.72. The van der Waals surface area contributed by atoms with Gasteiger partial charge in [0.05, 0.1) is 10.5 Å². The number of hydrogen-bond acceptors (Lipinski definition) is 9. The molecule has 5 rings (SSSR count). The van der Waals surface area contributed by atoms with Gasteiger partial charge in [-0.1, -0.05) is 0 Å². The summed E-state index contributed by atoms with van der Waals surface area (Å²) in [6.45, 7) is 0. The summed E-state index contributed by atoms with van der Waals surface area (Å²) < 4.78 is 43.8. The van der Waals surface area contributed by atoms with Crippen LogP contribution in [0.1, 0.15) is 0 Å². The van der Waals surface area contributed by atoms with Crippen molar-refractivity contribution in [2.24, 2.45) is 0 Å². The van der Waals surface area contributed by atoms with E-state index >= 15 is 0 Å². The minimum atomic E-state index is -4.00. The summed E-state index contributed by atoms with van der Waals surface area (Å²) >= 11 is 0. The molecule has 0 bridgehead atoms. The molecule has 14 heteroatoms. The minimum Gasteiger partial charge on any atom is -0.339 e. The van der Waals surface area contributed by atoms with Gasteiger partial charge in [0.15, 0.2) is 11.6 Å². The third-order valence-electron chi connectivity index (χ3n) is 4.63. The van der Waals surface area contributed by atoms with Gasteiger partial charge in [-0.3, -0.25) is 4.72 Å². The van der Waals surface area contributed by atoms with Gasteiger partial charge in [0, 0.05) is 23.8 Å². The van der Waals surface area contributed by atoms with Crippen LogP contribution in [0.2, 0.25) is 0 Å². The van der Waals surface area contributed by atoms with E-state index in [0.29, 0.717) is 23.0 Å². The van der Waals surface area contributed by atoms with Crippen LogP contribution in [0.15, 0.2) is 78.0 Å². The molecule has 0 aliphatic heterocycles. The summed E-state index contributed by atoms with van der Waals surface area (Å²) in [5.74, 6) is 0.357. The van der Waals surface area contributed by atoms with Crippen LogP contribution in [0.25, 0.3) is 17.2 Å². The molecule has 0 saturated carbocycles. The average Bonchev–Trinajstić information content (AvgIpc) is 3.56. The maximum atomic E-state index is 14.1. The van der Waals surface area contributed by atoms with Gasteiger partial charge in [-0.25, -0.2) is 17.5 Å². The SMILES string of the molecule is O=S(=O)(Nc1ccc(Nc2ccc(-n3cccn3)nn2)cc1)c1ccc(F)c(-c2nn[nH]n2)c1. The van der Waals surface area contributed by atoms with Crippen LogP contribution in [0.4, 0.5) is 21.6 Å². The van der Waals surface area contributed by atoms with Gasteiger partial charge in [-0.2, -0.15) is 10.3 Å². The fourth-order valence-corrected chi connectivity index (χ4v) is 4.11. The second-order valence-corrected chi connectivity index (χ2v) is 8.59. The maximum Gasteiger partial charge on any atom is 0.261 e. The highest BCUT2D eigenvalue weighted by molar-refractivity contribution is 7.92. The lowest BCUT2D eigenvalue weighted by Gasteiger charge is -2.11. The summed E-state index contributed by atoms with van der Waals surface area (Å²) in [4.78, 5) is -0.150. The van der Waals surface area contributed by atoms with E-state index in [1.807, 2.05) is 0 Å². The number of H-pyrrole nitrogens is 1. The van der Waals surface area contributed by atoms with Crippen LogP contribution < -0.4 is 10.0 Å². The summed E-state index contributed by atoms with van der Waals surface area (Å²) in [6, 6.07) is 15.1. The molecule has 3 heterocycles. The van der Waals surface area contributed by atoms with Crippen molar-refractivity contribution < 1.29 is 12.8 Å². The average molecular weight is 478 g/mol. The fourth-order valence-electron chi connectivity index (χ4n) is 3.02. The van der Waals surface area contributed by atoms with Crippen LogP contribution in [-0.4, -0.2) is 49.0 Å². The summed E-state index contributed by atoms with van der Waals surface area (Å²) in [5.41, 5.74) is 0.900. The Morgan fingerprint density at radius 3 is 2.44 bits per heavy atom. The Bertz CT molecular complexity index is 1510. The Morgan fingerprint density at radius 1 is 0.941 bits per heavy atom. The molecule has 0 aliphatic carbocycles. The van der Waals surface area contributed by atoms with Gasteiger partial charge in [0.25, 0.3) is 10.0 Å². The van der Waals surface area contributed by atoms with Gasteiger partial charge in [0.1, 0.15) is 5.82 Å². The second-order valence-electron chi connectivity index (χ2n) is 6.91. The van der Waals surface area contributed by atoms with E-state index < -0.39 is 15.8 Å². The Labute approximate surface area is 191 Å². The number of aromatic nitrogens is 8. The number of nitrogens with one attached hydrogen (secondary N) is 3. The Kier molecular flexibility index (Phi) is 5.39. The lowest BCUT2D eigenvalue weighted by molar-refractivity contribution is 0.600. The summed E-state index contributed by atoms with van der Waals surface area (Å²) in [5, 5.41) is 28.3. The van der Waals surface area contributed by atoms with Crippen LogP contribution in [0, 0.1) is 5.82 Å². The fraction of sp³-hybridized carbons (Fsp3) is 0. The predicted molar refractivity (Wildman–Crippen MR) is 119 cm³/mol. The van der Waals surface area contributed by atoms with E-state index in [0.717, 1.165) is 18.2 Å². The number of sulfonamides is 1. The number of hydrogen-bond donors (Lipinski definition) is 3. The van der Waals surface area contributed by atoms with Crippen molar-refractivity contribution in [1.29, 1.82) is 0 Å². The van der Waals surface area contributed by atoms with E-state index in [-0.39, 0.29) is 16.3 Å². The molecular weight excluding hydrogens is 463 g/mol. The Balaban J connectivity index is 1.29. The highest BCUT2D eigenvalue weighted by atomic mass is 32.2. The zero-order valence-electron chi connectivity index (χ0n) is 17.2. The minimum absolute atomic E-state index is 0.0502. The quantitative estimate of drug-likeness (QED) is 0.320. The third kappa shape index (κ3) is 4.42. The smallest absolute Gasteiger partial charge is 0.261 e. The Morgan fingerprint density at radius 2 is 1.76 bits per heavy atom. The molecule has 3 aromatic heterocycles. The molecule has 5 aromatic rings. The van der Waals surface area contributed by atoms with E-state index in [1.165, 1.54) is 0 Å². The van der Waals surface area contributed by atoms with Crippen LogP contribution >= 0.6 is 0 Å². The number of benzene rings is 2. The molecule has 0 atom stereocenters. The van der Waals surface area contributed by atoms with Gasteiger partial charge >= 0.3 is 0 Å². The second kappa shape index (κ2) is 8.67. The van der Waals surface area contributed by atoms with Crippen molar-refractivity contribution in [3.63, 3.8) is 0 Å². The molecule has 0 saturated heterocycles.